The number of hydrogen-bond acceptors (Lipinski definition) is 3. The van der Waals surface area contributed by atoms with E-state index in [-0.39, 0.29) is 10.7 Å². The Bertz CT molecular complexity index is 665. The number of nitrogens with one attached hydrogen (secondary N) is 1. The molecular formula is C13H9BrCl2N2O2. The highest BCUT2D eigenvalue weighted by atomic mass is 79.9. The van der Waals surface area contributed by atoms with Crippen molar-refractivity contribution in [3.63, 3.8) is 0 Å². The van der Waals surface area contributed by atoms with Gasteiger partial charge >= 0.3 is 0 Å². The summed E-state index contributed by atoms with van der Waals surface area (Å²) in [5.41, 5.74) is 1.51. The predicted octanol–water partition coefficient (Wildman–Crippen LogP) is 5.28. The van der Waals surface area contributed by atoms with Gasteiger partial charge in [-0.2, -0.15) is 0 Å². The monoisotopic (exact) mass is 374 g/mol. The highest BCUT2D eigenvalue weighted by Crippen LogP contribution is 2.28. The van der Waals surface area contributed by atoms with E-state index in [0.29, 0.717) is 17.3 Å². The maximum Gasteiger partial charge on any atom is 0.289 e. The largest absolute Gasteiger partial charge is 0.381 e. The van der Waals surface area contributed by atoms with Crippen LogP contribution in [0.2, 0.25) is 10.0 Å². The average Bonchev–Trinajstić information content (AvgIpc) is 2.41. The van der Waals surface area contributed by atoms with Crippen molar-refractivity contribution in [3.05, 3.63) is 66.6 Å². The first-order valence-electron chi connectivity index (χ1n) is 5.59. The lowest BCUT2D eigenvalue weighted by Crippen LogP contribution is -2.00. The van der Waals surface area contributed by atoms with Gasteiger partial charge in [0.2, 0.25) is 0 Å². The molecule has 2 aromatic carbocycles. The van der Waals surface area contributed by atoms with E-state index in [1.807, 2.05) is 12.1 Å². The molecule has 0 aliphatic rings. The van der Waals surface area contributed by atoms with Crippen LogP contribution < -0.4 is 5.32 Å². The second kappa shape index (κ2) is 6.43. The van der Waals surface area contributed by atoms with E-state index >= 15 is 0 Å². The van der Waals surface area contributed by atoms with Gasteiger partial charge in [-0.25, -0.2) is 0 Å². The Hall–Kier alpha value is -1.30. The van der Waals surface area contributed by atoms with Crippen LogP contribution >= 0.6 is 39.1 Å². The minimum absolute atomic E-state index is 0.117. The van der Waals surface area contributed by atoms with E-state index in [1.54, 1.807) is 12.1 Å². The summed E-state index contributed by atoms with van der Waals surface area (Å²) in [6.07, 6.45) is 0. The molecule has 7 heteroatoms. The molecule has 0 fully saturated rings. The van der Waals surface area contributed by atoms with Gasteiger partial charge in [0, 0.05) is 22.8 Å². The van der Waals surface area contributed by atoms with Crippen LogP contribution in [0.15, 0.2) is 40.9 Å². The van der Waals surface area contributed by atoms with Crippen molar-refractivity contribution in [2.45, 2.75) is 6.54 Å². The quantitative estimate of drug-likeness (QED) is 0.584. The van der Waals surface area contributed by atoms with Crippen LogP contribution in [0.3, 0.4) is 0 Å². The summed E-state index contributed by atoms with van der Waals surface area (Å²) in [6.45, 7) is 0.522. The highest BCUT2D eigenvalue weighted by Gasteiger charge is 2.12. The first-order valence-corrected chi connectivity index (χ1v) is 7.14. The maximum atomic E-state index is 10.8. The molecule has 20 heavy (non-hydrogen) atoms. The van der Waals surface area contributed by atoms with Crippen molar-refractivity contribution in [3.8, 4) is 0 Å². The van der Waals surface area contributed by atoms with Crippen LogP contribution in [0, 0.1) is 10.1 Å². The summed E-state index contributed by atoms with van der Waals surface area (Å²) in [5.74, 6) is 0. The molecule has 1 N–H and O–H groups in total. The molecule has 2 rings (SSSR count). The Morgan fingerprint density at radius 3 is 2.50 bits per heavy atom. The van der Waals surface area contributed by atoms with Gasteiger partial charge in [0.15, 0.2) is 0 Å². The summed E-state index contributed by atoms with van der Waals surface area (Å²) in [4.78, 5) is 10.3. The van der Waals surface area contributed by atoms with Crippen LogP contribution in [-0.2, 0) is 6.54 Å². The van der Waals surface area contributed by atoms with E-state index in [2.05, 4.69) is 21.2 Å². The number of nitro groups is 1. The summed E-state index contributed by atoms with van der Waals surface area (Å²) in [6, 6.07) is 10.2. The maximum absolute atomic E-state index is 10.8. The van der Waals surface area contributed by atoms with Gasteiger partial charge in [-0.05, 0) is 45.8 Å². The van der Waals surface area contributed by atoms with Gasteiger partial charge in [-0.3, -0.25) is 10.1 Å². The summed E-state index contributed by atoms with van der Waals surface area (Å²) in [7, 11) is 0. The Labute approximate surface area is 134 Å². The molecule has 104 valence electrons. The molecule has 0 saturated heterocycles. The summed E-state index contributed by atoms with van der Waals surface area (Å²) in [5, 5.41) is 14.7. The fourth-order valence-corrected chi connectivity index (χ4v) is 2.35. The standard InChI is InChI=1S/C13H9BrCl2N2O2/c14-10-5-8(1-3-11(10)15)7-17-9-2-4-12(16)13(6-9)18(19)20/h1-6,17H,7H2. The molecular weight excluding hydrogens is 367 g/mol. The third kappa shape index (κ3) is 3.62. The van der Waals surface area contributed by atoms with Crippen molar-refractivity contribution >= 4 is 50.5 Å². The van der Waals surface area contributed by atoms with E-state index < -0.39 is 4.92 Å². The number of hydrogen-bond donors (Lipinski definition) is 1. The SMILES string of the molecule is O=[N+]([O-])c1cc(NCc2ccc(Cl)c(Br)c2)ccc1Cl. The first-order chi connectivity index (χ1) is 9.47. The Kier molecular flexibility index (Phi) is 4.86. The molecule has 0 heterocycles. The van der Waals surface area contributed by atoms with E-state index in [4.69, 9.17) is 23.2 Å². The van der Waals surface area contributed by atoms with E-state index in [9.17, 15) is 10.1 Å². The van der Waals surface area contributed by atoms with Crippen molar-refractivity contribution < 1.29 is 4.92 Å². The molecule has 0 aromatic heterocycles. The van der Waals surface area contributed by atoms with E-state index in [0.717, 1.165) is 10.0 Å². The van der Waals surface area contributed by atoms with Gasteiger partial charge in [0.1, 0.15) is 5.02 Å². The number of nitro benzene ring substituents is 1. The van der Waals surface area contributed by atoms with Gasteiger partial charge in [-0.1, -0.05) is 29.3 Å². The Morgan fingerprint density at radius 2 is 1.85 bits per heavy atom. The molecule has 0 unspecified atom stereocenters. The lowest BCUT2D eigenvalue weighted by molar-refractivity contribution is -0.384. The third-order valence-corrected chi connectivity index (χ3v) is 4.16. The van der Waals surface area contributed by atoms with Gasteiger partial charge in [-0.15, -0.1) is 0 Å². The van der Waals surface area contributed by atoms with Crippen molar-refractivity contribution in [1.29, 1.82) is 0 Å². The zero-order chi connectivity index (χ0) is 14.7. The molecule has 4 nitrogen and oxygen atoms in total. The normalized spacial score (nSPS) is 10.3. The fraction of sp³-hybridized carbons (Fsp3) is 0.0769. The lowest BCUT2D eigenvalue weighted by Gasteiger charge is -2.08. The minimum Gasteiger partial charge on any atom is -0.381 e. The molecule has 0 aliphatic carbocycles. The summed E-state index contributed by atoms with van der Waals surface area (Å²) < 4.78 is 0.806. The predicted molar refractivity (Wildman–Crippen MR) is 84.6 cm³/mol. The molecule has 2 aromatic rings. The average molecular weight is 376 g/mol. The number of rotatable bonds is 4. The van der Waals surface area contributed by atoms with Crippen molar-refractivity contribution in [1.82, 2.24) is 0 Å². The third-order valence-electron chi connectivity index (χ3n) is 2.62. The van der Waals surface area contributed by atoms with Crippen molar-refractivity contribution in [2.75, 3.05) is 5.32 Å². The van der Waals surface area contributed by atoms with Crippen LogP contribution in [0.4, 0.5) is 11.4 Å². The smallest absolute Gasteiger partial charge is 0.289 e. The second-order valence-electron chi connectivity index (χ2n) is 4.03. The van der Waals surface area contributed by atoms with E-state index in [1.165, 1.54) is 12.1 Å². The molecule has 0 spiro atoms. The topological polar surface area (TPSA) is 55.2 Å². The van der Waals surface area contributed by atoms with Crippen LogP contribution in [-0.4, -0.2) is 4.92 Å². The zero-order valence-electron chi connectivity index (χ0n) is 10.1. The van der Waals surface area contributed by atoms with Crippen LogP contribution in [0.5, 0.6) is 0 Å². The molecule has 0 atom stereocenters. The zero-order valence-corrected chi connectivity index (χ0v) is 13.2. The number of nitrogens with zero attached hydrogens (tertiary/aromatic N) is 1. The van der Waals surface area contributed by atoms with Crippen LogP contribution in [0.1, 0.15) is 5.56 Å². The lowest BCUT2D eigenvalue weighted by atomic mass is 10.2. The minimum atomic E-state index is -0.508. The molecule has 0 bridgehead atoms. The number of benzene rings is 2. The van der Waals surface area contributed by atoms with Crippen molar-refractivity contribution in [2.24, 2.45) is 0 Å². The summed E-state index contributed by atoms with van der Waals surface area (Å²) >= 11 is 15.0. The number of anilines is 1. The van der Waals surface area contributed by atoms with Gasteiger partial charge < -0.3 is 5.32 Å². The Morgan fingerprint density at radius 1 is 1.15 bits per heavy atom. The second-order valence-corrected chi connectivity index (χ2v) is 5.69. The Balaban J connectivity index is 2.12. The number of halogens is 3. The molecule has 0 saturated carbocycles. The molecule has 0 amide bonds. The van der Waals surface area contributed by atoms with Gasteiger partial charge in [0.05, 0.1) is 9.95 Å². The molecule has 0 aliphatic heterocycles. The van der Waals surface area contributed by atoms with Gasteiger partial charge in [0.25, 0.3) is 5.69 Å². The molecule has 0 radical (unpaired) electrons. The first kappa shape index (κ1) is 15.1. The highest BCUT2D eigenvalue weighted by molar-refractivity contribution is 9.10. The van der Waals surface area contributed by atoms with Crippen LogP contribution in [0.25, 0.3) is 0 Å². The fourth-order valence-electron chi connectivity index (χ4n) is 1.62.